The van der Waals surface area contributed by atoms with Gasteiger partial charge in [-0.15, -0.1) is 0 Å². The third-order valence-electron chi connectivity index (χ3n) is 2.38. The molecule has 0 bridgehead atoms. The Balaban J connectivity index is 2.13. The average molecular weight is 330 g/mol. The zero-order chi connectivity index (χ0) is 13.2. The molecular formula is C11H12BrN3O2S. The molecule has 1 aromatic carbocycles. The topological polar surface area (TPSA) is 74.8 Å². The van der Waals surface area contributed by atoms with E-state index in [1.807, 2.05) is 24.3 Å². The fourth-order valence-corrected chi connectivity index (χ4v) is 2.83. The van der Waals surface area contributed by atoms with Crippen LogP contribution in [0.25, 0.3) is 0 Å². The third-order valence-corrected chi connectivity index (χ3v) is 4.46. The van der Waals surface area contributed by atoms with Crippen molar-refractivity contribution in [3.05, 3.63) is 46.3 Å². The number of nitrogens with zero attached hydrogens (tertiary/aromatic N) is 1. The summed E-state index contributed by atoms with van der Waals surface area (Å²) in [6.45, 7) is 1.93. The maximum absolute atomic E-state index is 11.9. The van der Waals surface area contributed by atoms with Crippen LogP contribution >= 0.6 is 15.9 Å². The molecule has 0 atom stereocenters. The number of aromatic amines is 1. The normalized spacial score (nSPS) is 11.7. The van der Waals surface area contributed by atoms with Crippen molar-refractivity contribution < 1.29 is 8.42 Å². The van der Waals surface area contributed by atoms with Crippen LogP contribution in [0.1, 0.15) is 11.4 Å². The van der Waals surface area contributed by atoms with E-state index in [9.17, 15) is 8.42 Å². The summed E-state index contributed by atoms with van der Waals surface area (Å²) >= 11 is 3.37. The van der Waals surface area contributed by atoms with E-state index < -0.39 is 10.0 Å². The summed E-state index contributed by atoms with van der Waals surface area (Å²) in [4.78, 5) is 6.57. The van der Waals surface area contributed by atoms with Gasteiger partial charge in [-0.3, -0.25) is 0 Å². The van der Waals surface area contributed by atoms with Gasteiger partial charge < -0.3 is 4.98 Å². The number of aryl methyl sites for hydroxylation is 1. The highest BCUT2D eigenvalue weighted by molar-refractivity contribution is 9.10. The molecule has 0 saturated heterocycles. The van der Waals surface area contributed by atoms with Crippen LogP contribution < -0.4 is 4.72 Å². The van der Waals surface area contributed by atoms with Gasteiger partial charge >= 0.3 is 0 Å². The first kappa shape index (κ1) is 13.3. The van der Waals surface area contributed by atoms with E-state index in [1.54, 1.807) is 6.92 Å². The van der Waals surface area contributed by atoms with Crippen LogP contribution in [-0.2, 0) is 16.6 Å². The van der Waals surface area contributed by atoms with Gasteiger partial charge in [0.15, 0.2) is 5.03 Å². The maximum atomic E-state index is 11.9. The lowest BCUT2D eigenvalue weighted by atomic mass is 10.2. The van der Waals surface area contributed by atoms with Gasteiger partial charge in [0.25, 0.3) is 10.0 Å². The van der Waals surface area contributed by atoms with Crippen LogP contribution in [0.2, 0.25) is 0 Å². The number of halogens is 1. The molecule has 2 rings (SSSR count). The van der Waals surface area contributed by atoms with E-state index in [1.165, 1.54) is 6.20 Å². The quantitative estimate of drug-likeness (QED) is 0.900. The van der Waals surface area contributed by atoms with Gasteiger partial charge in [-0.1, -0.05) is 34.1 Å². The molecule has 0 amide bonds. The van der Waals surface area contributed by atoms with E-state index in [-0.39, 0.29) is 11.6 Å². The highest BCUT2D eigenvalue weighted by Crippen LogP contribution is 2.16. The van der Waals surface area contributed by atoms with Gasteiger partial charge in [0.2, 0.25) is 0 Å². The number of benzene rings is 1. The lowest BCUT2D eigenvalue weighted by Gasteiger charge is -2.06. The number of hydrogen-bond donors (Lipinski definition) is 2. The molecule has 1 heterocycles. The largest absolute Gasteiger partial charge is 0.332 e. The second kappa shape index (κ2) is 5.21. The molecule has 1 aromatic heterocycles. The van der Waals surface area contributed by atoms with Crippen LogP contribution in [0.15, 0.2) is 40.0 Å². The average Bonchev–Trinajstić information content (AvgIpc) is 2.76. The van der Waals surface area contributed by atoms with Crippen LogP contribution in [-0.4, -0.2) is 18.4 Å². The van der Waals surface area contributed by atoms with Crippen molar-refractivity contribution in [2.75, 3.05) is 0 Å². The van der Waals surface area contributed by atoms with Crippen molar-refractivity contribution in [2.24, 2.45) is 0 Å². The van der Waals surface area contributed by atoms with Gasteiger partial charge in [-0.25, -0.2) is 18.1 Å². The molecule has 2 aromatic rings. The van der Waals surface area contributed by atoms with E-state index >= 15 is 0 Å². The van der Waals surface area contributed by atoms with Gasteiger partial charge in [-0.2, -0.15) is 0 Å². The Kier molecular flexibility index (Phi) is 3.84. The third kappa shape index (κ3) is 2.98. The minimum atomic E-state index is -3.54. The Morgan fingerprint density at radius 2 is 2.11 bits per heavy atom. The minimum absolute atomic E-state index is 0.0760. The summed E-state index contributed by atoms with van der Waals surface area (Å²) in [6, 6.07) is 7.45. The number of nitrogens with one attached hydrogen (secondary N) is 2. The molecule has 18 heavy (non-hydrogen) atoms. The number of H-pyrrole nitrogens is 1. The first-order valence-electron chi connectivity index (χ1n) is 5.24. The smallest absolute Gasteiger partial charge is 0.257 e. The molecule has 0 spiro atoms. The molecule has 0 aliphatic rings. The Bertz CT molecular complexity index is 652. The summed E-state index contributed by atoms with van der Waals surface area (Å²) in [5, 5.41) is 0.0760. The molecule has 0 saturated carbocycles. The van der Waals surface area contributed by atoms with Crippen molar-refractivity contribution in [1.29, 1.82) is 0 Å². The van der Waals surface area contributed by atoms with Crippen LogP contribution in [0.5, 0.6) is 0 Å². The number of imidazole rings is 1. The molecule has 0 aliphatic heterocycles. The molecule has 96 valence electrons. The van der Waals surface area contributed by atoms with Gasteiger partial charge in [0, 0.05) is 11.0 Å². The van der Waals surface area contributed by atoms with E-state index in [2.05, 4.69) is 30.6 Å². The van der Waals surface area contributed by atoms with Gasteiger partial charge in [0.1, 0.15) is 5.82 Å². The summed E-state index contributed by atoms with van der Waals surface area (Å²) in [7, 11) is -3.54. The minimum Gasteiger partial charge on any atom is -0.332 e. The molecule has 0 fully saturated rings. The number of hydrogen-bond acceptors (Lipinski definition) is 3. The van der Waals surface area contributed by atoms with Crippen molar-refractivity contribution in [1.82, 2.24) is 14.7 Å². The molecule has 0 unspecified atom stereocenters. The second-order valence-corrected chi connectivity index (χ2v) is 6.34. The lowest BCUT2D eigenvalue weighted by Crippen LogP contribution is -2.23. The summed E-state index contributed by atoms with van der Waals surface area (Å²) in [5.41, 5.74) is 0.873. The fourth-order valence-electron chi connectivity index (χ4n) is 1.43. The highest BCUT2D eigenvalue weighted by atomic mass is 79.9. The number of sulfonamides is 1. The maximum Gasteiger partial charge on any atom is 0.257 e. The van der Waals surface area contributed by atoms with Crippen LogP contribution in [0.4, 0.5) is 0 Å². The SMILES string of the molecule is Cc1ncc(S(=O)(=O)NCc2ccccc2Br)[nH]1. The Labute approximate surface area is 114 Å². The standard InChI is InChI=1S/C11H12BrN3O2S/c1-8-13-7-11(15-8)18(16,17)14-6-9-4-2-3-5-10(9)12/h2-5,7,14H,6H2,1H3,(H,13,15). The molecule has 0 aliphatic carbocycles. The highest BCUT2D eigenvalue weighted by Gasteiger charge is 2.16. The Hall–Kier alpha value is -1.18. The van der Waals surface area contributed by atoms with Crippen molar-refractivity contribution in [3.63, 3.8) is 0 Å². The molecular weight excluding hydrogens is 318 g/mol. The van der Waals surface area contributed by atoms with E-state index in [4.69, 9.17) is 0 Å². The first-order chi connectivity index (χ1) is 8.49. The fraction of sp³-hybridized carbons (Fsp3) is 0.182. The van der Waals surface area contributed by atoms with E-state index in [0.717, 1.165) is 10.0 Å². The second-order valence-electron chi connectivity index (χ2n) is 3.75. The summed E-state index contributed by atoms with van der Waals surface area (Å²) in [6.07, 6.45) is 1.30. The van der Waals surface area contributed by atoms with Gasteiger partial charge in [-0.05, 0) is 18.6 Å². The molecule has 5 nitrogen and oxygen atoms in total. The zero-order valence-electron chi connectivity index (χ0n) is 9.64. The van der Waals surface area contributed by atoms with Crippen LogP contribution in [0, 0.1) is 6.92 Å². The Morgan fingerprint density at radius 1 is 1.39 bits per heavy atom. The molecule has 2 N–H and O–H groups in total. The van der Waals surface area contributed by atoms with E-state index in [0.29, 0.717) is 5.82 Å². The predicted molar refractivity (Wildman–Crippen MR) is 71.5 cm³/mol. The van der Waals surface area contributed by atoms with Crippen molar-refractivity contribution in [2.45, 2.75) is 18.5 Å². The summed E-state index contributed by atoms with van der Waals surface area (Å²) in [5.74, 6) is 0.566. The van der Waals surface area contributed by atoms with Gasteiger partial charge in [0.05, 0.1) is 6.20 Å². The Morgan fingerprint density at radius 3 is 2.72 bits per heavy atom. The summed E-state index contributed by atoms with van der Waals surface area (Å²) < 4.78 is 27.3. The number of rotatable bonds is 4. The monoisotopic (exact) mass is 329 g/mol. The van der Waals surface area contributed by atoms with Crippen LogP contribution in [0.3, 0.4) is 0 Å². The molecule has 0 radical (unpaired) electrons. The number of aromatic nitrogens is 2. The lowest BCUT2D eigenvalue weighted by molar-refractivity contribution is 0.578. The zero-order valence-corrected chi connectivity index (χ0v) is 12.0. The van der Waals surface area contributed by atoms with Crippen molar-refractivity contribution in [3.8, 4) is 0 Å². The first-order valence-corrected chi connectivity index (χ1v) is 7.51. The van der Waals surface area contributed by atoms with Crippen molar-refractivity contribution >= 4 is 26.0 Å². The predicted octanol–water partition coefficient (Wildman–Crippen LogP) is 1.96. The molecule has 7 heteroatoms.